The number of ether oxygens (including phenoxy) is 1. The Kier molecular flexibility index (Phi) is 5.34. The van der Waals surface area contributed by atoms with Crippen molar-refractivity contribution in [2.24, 2.45) is 0 Å². The predicted octanol–water partition coefficient (Wildman–Crippen LogP) is 5.58. The number of halogens is 3. The molecule has 0 fully saturated rings. The van der Waals surface area contributed by atoms with E-state index in [1.165, 1.54) is 16.7 Å². The van der Waals surface area contributed by atoms with Gasteiger partial charge in [0.15, 0.2) is 0 Å². The lowest BCUT2D eigenvalue weighted by molar-refractivity contribution is -0.0498. The van der Waals surface area contributed by atoms with E-state index in [0.717, 1.165) is 12.0 Å². The summed E-state index contributed by atoms with van der Waals surface area (Å²) in [4.78, 5) is 0.138. The summed E-state index contributed by atoms with van der Waals surface area (Å²) in [6.45, 7) is 1.38. The van der Waals surface area contributed by atoms with E-state index in [4.69, 9.17) is 0 Å². The van der Waals surface area contributed by atoms with E-state index in [1.807, 2.05) is 12.1 Å². The van der Waals surface area contributed by atoms with Crippen LogP contribution in [0.4, 0.5) is 8.78 Å². The van der Waals surface area contributed by atoms with Crippen molar-refractivity contribution in [3.05, 3.63) is 64.7 Å². The van der Waals surface area contributed by atoms with Gasteiger partial charge in [0, 0.05) is 4.83 Å². The van der Waals surface area contributed by atoms with E-state index >= 15 is 0 Å². The molecule has 1 atom stereocenters. The summed E-state index contributed by atoms with van der Waals surface area (Å²) < 4.78 is 28.6. The van der Waals surface area contributed by atoms with Crippen LogP contribution in [-0.4, -0.2) is 6.61 Å². The molecule has 0 bridgehead atoms. The van der Waals surface area contributed by atoms with E-state index in [0.29, 0.717) is 0 Å². The van der Waals surface area contributed by atoms with Crippen LogP contribution in [-0.2, 0) is 6.42 Å². The van der Waals surface area contributed by atoms with Gasteiger partial charge in [0.1, 0.15) is 5.75 Å². The third-order valence-electron chi connectivity index (χ3n) is 3.37. The van der Waals surface area contributed by atoms with Crippen LogP contribution < -0.4 is 4.74 Å². The monoisotopic (exact) mass is 354 g/mol. The Bertz CT molecular complexity index is 596. The summed E-state index contributed by atoms with van der Waals surface area (Å²) in [6, 6.07) is 13.1. The highest BCUT2D eigenvalue weighted by Crippen LogP contribution is 2.30. The maximum Gasteiger partial charge on any atom is 0.387 e. The molecular formula is C17H17BrF2O. The normalized spacial score (nSPS) is 12.5. The van der Waals surface area contributed by atoms with Gasteiger partial charge < -0.3 is 4.74 Å². The van der Waals surface area contributed by atoms with Crippen molar-refractivity contribution in [1.29, 1.82) is 0 Å². The summed E-state index contributed by atoms with van der Waals surface area (Å²) in [7, 11) is 0. The predicted molar refractivity (Wildman–Crippen MR) is 84.4 cm³/mol. The molecule has 4 heteroatoms. The average Bonchev–Trinajstić information content (AvgIpc) is 2.43. The Balaban J connectivity index is 2.09. The smallest absolute Gasteiger partial charge is 0.387 e. The van der Waals surface area contributed by atoms with Crippen molar-refractivity contribution in [1.82, 2.24) is 0 Å². The van der Waals surface area contributed by atoms with E-state index in [-0.39, 0.29) is 10.6 Å². The average molecular weight is 355 g/mol. The summed E-state index contributed by atoms with van der Waals surface area (Å²) in [5.74, 6) is 0.181. The highest BCUT2D eigenvalue weighted by atomic mass is 79.9. The third-order valence-corrected chi connectivity index (χ3v) is 4.22. The molecule has 0 spiro atoms. The van der Waals surface area contributed by atoms with Crippen molar-refractivity contribution >= 4 is 15.9 Å². The van der Waals surface area contributed by atoms with Crippen LogP contribution in [0, 0.1) is 13.8 Å². The molecule has 0 saturated carbocycles. The van der Waals surface area contributed by atoms with Gasteiger partial charge in [-0.3, -0.25) is 0 Å². The van der Waals surface area contributed by atoms with Gasteiger partial charge in [-0.1, -0.05) is 51.8 Å². The maximum atomic E-state index is 12.1. The minimum absolute atomic E-state index is 0.138. The molecule has 2 aromatic carbocycles. The van der Waals surface area contributed by atoms with Gasteiger partial charge in [-0.2, -0.15) is 8.78 Å². The molecule has 0 aliphatic carbocycles. The van der Waals surface area contributed by atoms with Crippen LogP contribution in [0.5, 0.6) is 5.75 Å². The number of benzene rings is 2. The van der Waals surface area contributed by atoms with Crippen molar-refractivity contribution in [2.45, 2.75) is 31.7 Å². The fourth-order valence-corrected chi connectivity index (χ4v) is 2.84. The van der Waals surface area contributed by atoms with Crippen LogP contribution in [0.15, 0.2) is 42.5 Å². The Hall–Kier alpha value is -1.42. The SMILES string of the molecule is Cc1ccc(C)c(CC(Br)c2ccc(OC(F)F)cc2)c1. The first-order chi connectivity index (χ1) is 9.95. The third kappa shape index (κ3) is 4.53. The zero-order valence-corrected chi connectivity index (χ0v) is 13.5. The largest absolute Gasteiger partial charge is 0.435 e. The first kappa shape index (κ1) is 16.0. The van der Waals surface area contributed by atoms with Crippen LogP contribution in [0.25, 0.3) is 0 Å². The molecule has 0 amide bonds. The van der Waals surface area contributed by atoms with Crippen LogP contribution in [0.1, 0.15) is 27.1 Å². The molecule has 2 aromatic rings. The molecule has 0 saturated heterocycles. The molecule has 0 N–H and O–H groups in total. The second kappa shape index (κ2) is 7.03. The number of alkyl halides is 3. The summed E-state index contributed by atoms with van der Waals surface area (Å²) in [6.07, 6.45) is 0.850. The standard InChI is InChI=1S/C17H17BrF2O/c1-11-3-4-12(2)14(9-11)10-16(18)13-5-7-15(8-6-13)21-17(19)20/h3-9,16-17H,10H2,1-2H3. The summed E-state index contributed by atoms with van der Waals surface area (Å²) in [5, 5.41) is 0. The molecule has 0 heterocycles. The quantitative estimate of drug-likeness (QED) is 0.636. The molecule has 1 unspecified atom stereocenters. The Labute approximate surface area is 132 Å². The van der Waals surface area contributed by atoms with Crippen LogP contribution in [0.2, 0.25) is 0 Å². The minimum Gasteiger partial charge on any atom is -0.435 e. The minimum atomic E-state index is -2.79. The zero-order chi connectivity index (χ0) is 15.4. The second-order valence-corrected chi connectivity index (χ2v) is 6.15. The van der Waals surface area contributed by atoms with E-state index in [2.05, 4.69) is 52.7 Å². The number of hydrogen-bond acceptors (Lipinski definition) is 1. The first-order valence-corrected chi connectivity index (χ1v) is 7.62. The van der Waals surface area contributed by atoms with E-state index in [1.54, 1.807) is 12.1 Å². The Morgan fingerprint density at radius 2 is 1.71 bits per heavy atom. The number of aryl methyl sites for hydroxylation is 2. The molecule has 1 nitrogen and oxygen atoms in total. The topological polar surface area (TPSA) is 9.23 Å². The summed E-state index contributed by atoms with van der Waals surface area (Å²) in [5.41, 5.74) is 4.81. The van der Waals surface area contributed by atoms with Crippen molar-refractivity contribution in [2.75, 3.05) is 0 Å². The molecule has 0 aromatic heterocycles. The highest BCUT2D eigenvalue weighted by molar-refractivity contribution is 9.09. The Morgan fingerprint density at radius 1 is 1.05 bits per heavy atom. The Morgan fingerprint density at radius 3 is 2.33 bits per heavy atom. The lowest BCUT2D eigenvalue weighted by Crippen LogP contribution is -2.02. The second-order valence-electron chi connectivity index (χ2n) is 5.05. The molecule has 0 radical (unpaired) electrons. The van der Waals surface area contributed by atoms with Crippen molar-refractivity contribution in [3.63, 3.8) is 0 Å². The van der Waals surface area contributed by atoms with Crippen molar-refractivity contribution in [3.8, 4) is 5.75 Å². The fraction of sp³-hybridized carbons (Fsp3) is 0.294. The van der Waals surface area contributed by atoms with E-state index in [9.17, 15) is 8.78 Å². The number of hydrogen-bond donors (Lipinski definition) is 0. The molecule has 0 aliphatic heterocycles. The van der Waals surface area contributed by atoms with Gasteiger partial charge in [0.25, 0.3) is 0 Å². The molecular weight excluding hydrogens is 338 g/mol. The summed E-state index contributed by atoms with van der Waals surface area (Å²) >= 11 is 3.67. The van der Waals surface area contributed by atoms with Crippen molar-refractivity contribution < 1.29 is 13.5 Å². The number of rotatable bonds is 5. The van der Waals surface area contributed by atoms with Gasteiger partial charge in [0.2, 0.25) is 0 Å². The lowest BCUT2D eigenvalue weighted by atomic mass is 9.98. The highest BCUT2D eigenvalue weighted by Gasteiger charge is 2.11. The van der Waals surface area contributed by atoms with Crippen LogP contribution >= 0.6 is 15.9 Å². The fourth-order valence-electron chi connectivity index (χ4n) is 2.19. The first-order valence-electron chi connectivity index (χ1n) is 6.70. The van der Waals surface area contributed by atoms with Gasteiger partial charge in [-0.05, 0) is 49.1 Å². The van der Waals surface area contributed by atoms with Crippen LogP contribution in [0.3, 0.4) is 0 Å². The van der Waals surface area contributed by atoms with Gasteiger partial charge in [0.05, 0.1) is 0 Å². The van der Waals surface area contributed by atoms with Gasteiger partial charge in [-0.15, -0.1) is 0 Å². The van der Waals surface area contributed by atoms with Gasteiger partial charge >= 0.3 is 6.61 Å². The van der Waals surface area contributed by atoms with Gasteiger partial charge in [-0.25, -0.2) is 0 Å². The molecule has 0 aliphatic rings. The molecule has 2 rings (SSSR count). The maximum absolute atomic E-state index is 12.1. The molecule has 112 valence electrons. The lowest BCUT2D eigenvalue weighted by Gasteiger charge is -2.14. The molecule has 21 heavy (non-hydrogen) atoms. The zero-order valence-electron chi connectivity index (χ0n) is 11.9. The van der Waals surface area contributed by atoms with E-state index < -0.39 is 6.61 Å².